The summed E-state index contributed by atoms with van der Waals surface area (Å²) in [4.78, 5) is 15.3. The van der Waals surface area contributed by atoms with Crippen LogP contribution >= 0.6 is 12.2 Å². The molecule has 0 aliphatic rings. The van der Waals surface area contributed by atoms with E-state index in [0.717, 1.165) is 16.9 Å². The lowest BCUT2D eigenvalue weighted by Crippen LogP contribution is -2.18. The summed E-state index contributed by atoms with van der Waals surface area (Å²) >= 11 is 5.27. The lowest BCUT2D eigenvalue weighted by molar-refractivity contribution is 0.0975. The molecule has 0 aliphatic carbocycles. The van der Waals surface area contributed by atoms with Gasteiger partial charge in [0.25, 0.3) is 5.91 Å². The molecule has 0 aliphatic heterocycles. The van der Waals surface area contributed by atoms with Gasteiger partial charge in [-0.05, 0) is 48.1 Å². The molecule has 0 saturated carbocycles. The molecule has 24 heavy (non-hydrogen) atoms. The zero-order valence-electron chi connectivity index (χ0n) is 12.5. The molecule has 0 unspecified atom stereocenters. The average Bonchev–Trinajstić information content (AvgIpc) is 3.06. The topological polar surface area (TPSA) is 93.2 Å². The van der Waals surface area contributed by atoms with Crippen molar-refractivity contribution in [3.8, 4) is 11.1 Å². The molecule has 0 fully saturated rings. The Morgan fingerprint density at radius 1 is 1.00 bits per heavy atom. The SMILES string of the molecule is NC(=O)c1occc1-c1ccc(NC(=S)Nc2ccncc2)cc1. The van der Waals surface area contributed by atoms with E-state index in [-0.39, 0.29) is 5.76 Å². The van der Waals surface area contributed by atoms with Gasteiger partial charge in [-0.1, -0.05) is 12.1 Å². The summed E-state index contributed by atoms with van der Waals surface area (Å²) in [7, 11) is 0. The van der Waals surface area contributed by atoms with Crippen molar-refractivity contribution in [2.45, 2.75) is 0 Å². The predicted octanol–water partition coefficient (Wildman–Crippen LogP) is 3.25. The zero-order chi connectivity index (χ0) is 16.9. The molecule has 1 amide bonds. The van der Waals surface area contributed by atoms with E-state index in [1.54, 1.807) is 18.5 Å². The summed E-state index contributed by atoms with van der Waals surface area (Å²) in [6.07, 6.45) is 4.80. The van der Waals surface area contributed by atoms with Gasteiger partial charge in [-0.15, -0.1) is 0 Å². The molecule has 3 rings (SSSR count). The Morgan fingerprint density at radius 3 is 2.25 bits per heavy atom. The zero-order valence-corrected chi connectivity index (χ0v) is 13.3. The van der Waals surface area contributed by atoms with Gasteiger partial charge in [0.05, 0.1) is 6.26 Å². The summed E-state index contributed by atoms with van der Waals surface area (Å²) in [5.74, 6) is -0.453. The standard InChI is InChI=1S/C17H14N4O2S/c18-16(22)15-14(7-10-23-15)11-1-3-12(4-2-11)20-17(24)21-13-5-8-19-9-6-13/h1-10H,(H2,18,22)(H2,19,20,21,24). The van der Waals surface area contributed by atoms with Crippen molar-refractivity contribution in [1.82, 2.24) is 4.98 Å². The van der Waals surface area contributed by atoms with Crippen molar-refractivity contribution in [3.05, 3.63) is 66.9 Å². The Hall–Kier alpha value is -3.19. The number of furan rings is 1. The maximum atomic E-state index is 11.3. The number of nitrogens with two attached hydrogens (primary N) is 1. The number of nitrogens with one attached hydrogen (secondary N) is 2. The Kier molecular flexibility index (Phi) is 4.53. The Bertz CT molecular complexity index is 860. The minimum Gasteiger partial charge on any atom is -0.459 e. The van der Waals surface area contributed by atoms with Crippen molar-refractivity contribution in [2.24, 2.45) is 5.73 Å². The first-order valence-corrected chi connectivity index (χ1v) is 7.50. The number of hydrogen-bond donors (Lipinski definition) is 3. The number of pyridine rings is 1. The van der Waals surface area contributed by atoms with Gasteiger partial charge in [-0.3, -0.25) is 9.78 Å². The minimum atomic E-state index is -0.597. The van der Waals surface area contributed by atoms with Crippen molar-refractivity contribution < 1.29 is 9.21 Å². The largest absolute Gasteiger partial charge is 0.459 e. The third-order valence-corrected chi connectivity index (χ3v) is 3.49. The van der Waals surface area contributed by atoms with Crippen molar-refractivity contribution >= 4 is 34.6 Å². The van der Waals surface area contributed by atoms with Crippen molar-refractivity contribution in [1.29, 1.82) is 0 Å². The number of primary amides is 1. The van der Waals surface area contributed by atoms with Crippen molar-refractivity contribution in [3.63, 3.8) is 0 Å². The van der Waals surface area contributed by atoms with E-state index < -0.39 is 5.91 Å². The van der Waals surface area contributed by atoms with Crippen LogP contribution in [0.3, 0.4) is 0 Å². The van der Waals surface area contributed by atoms with E-state index in [2.05, 4.69) is 15.6 Å². The van der Waals surface area contributed by atoms with E-state index in [4.69, 9.17) is 22.4 Å². The van der Waals surface area contributed by atoms with Gasteiger partial charge in [0.15, 0.2) is 10.9 Å². The smallest absolute Gasteiger partial charge is 0.285 e. The van der Waals surface area contributed by atoms with E-state index in [1.165, 1.54) is 6.26 Å². The highest BCUT2D eigenvalue weighted by atomic mass is 32.1. The number of carbonyl (C=O) groups excluding carboxylic acids is 1. The molecule has 2 aromatic heterocycles. The first-order chi connectivity index (χ1) is 11.6. The molecule has 0 radical (unpaired) electrons. The van der Waals surface area contributed by atoms with E-state index in [1.807, 2.05) is 36.4 Å². The number of carbonyl (C=O) groups is 1. The summed E-state index contributed by atoms with van der Waals surface area (Å²) in [6.45, 7) is 0. The summed E-state index contributed by atoms with van der Waals surface area (Å²) in [6, 6.07) is 12.8. The number of rotatable bonds is 4. The molecule has 3 aromatic rings. The molecule has 6 nitrogen and oxygen atoms in total. The second-order valence-corrected chi connectivity index (χ2v) is 5.33. The monoisotopic (exact) mass is 338 g/mol. The van der Waals surface area contributed by atoms with E-state index >= 15 is 0 Å². The van der Waals surface area contributed by atoms with Crippen LogP contribution < -0.4 is 16.4 Å². The molecule has 120 valence electrons. The second kappa shape index (κ2) is 6.93. The fourth-order valence-electron chi connectivity index (χ4n) is 2.19. The van der Waals surface area contributed by atoms with Gasteiger partial charge < -0.3 is 20.8 Å². The van der Waals surface area contributed by atoms with Crippen LogP contribution in [0.2, 0.25) is 0 Å². The van der Waals surface area contributed by atoms with Gasteiger partial charge in [0.2, 0.25) is 0 Å². The van der Waals surface area contributed by atoms with Crippen LogP contribution in [-0.4, -0.2) is 16.0 Å². The maximum absolute atomic E-state index is 11.3. The molecular formula is C17H14N4O2S. The van der Waals surface area contributed by atoms with Crippen LogP contribution in [-0.2, 0) is 0 Å². The van der Waals surface area contributed by atoms with E-state index in [9.17, 15) is 4.79 Å². The molecule has 2 heterocycles. The van der Waals surface area contributed by atoms with Crippen LogP contribution in [0.25, 0.3) is 11.1 Å². The Labute approximate surface area is 143 Å². The van der Waals surface area contributed by atoms with Crippen LogP contribution in [0.15, 0.2) is 65.5 Å². The van der Waals surface area contributed by atoms with Gasteiger partial charge in [0, 0.05) is 29.3 Å². The lowest BCUT2D eigenvalue weighted by atomic mass is 10.1. The van der Waals surface area contributed by atoms with Gasteiger partial charge in [0.1, 0.15) is 0 Å². The van der Waals surface area contributed by atoms with Gasteiger partial charge >= 0.3 is 0 Å². The molecular weight excluding hydrogens is 324 g/mol. The fraction of sp³-hybridized carbons (Fsp3) is 0. The number of thiocarbonyl (C=S) groups is 1. The van der Waals surface area contributed by atoms with Crippen LogP contribution in [0.4, 0.5) is 11.4 Å². The molecule has 7 heteroatoms. The number of aromatic nitrogens is 1. The first kappa shape index (κ1) is 15.7. The highest BCUT2D eigenvalue weighted by Gasteiger charge is 2.13. The highest BCUT2D eigenvalue weighted by molar-refractivity contribution is 7.80. The molecule has 0 spiro atoms. The van der Waals surface area contributed by atoms with Gasteiger partial charge in [-0.2, -0.15) is 0 Å². The lowest BCUT2D eigenvalue weighted by Gasteiger charge is -2.10. The quantitative estimate of drug-likeness (QED) is 0.632. The number of hydrogen-bond acceptors (Lipinski definition) is 4. The van der Waals surface area contributed by atoms with Crippen molar-refractivity contribution in [2.75, 3.05) is 10.6 Å². The van der Waals surface area contributed by atoms with E-state index in [0.29, 0.717) is 10.7 Å². The van der Waals surface area contributed by atoms with Crippen LogP contribution in [0.5, 0.6) is 0 Å². The predicted molar refractivity (Wildman–Crippen MR) is 96.7 cm³/mol. The molecule has 4 N–H and O–H groups in total. The summed E-state index contributed by atoms with van der Waals surface area (Å²) in [5, 5.41) is 6.61. The third-order valence-electron chi connectivity index (χ3n) is 3.28. The fourth-order valence-corrected chi connectivity index (χ4v) is 2.42. The average molecular weight is 338 g/mol. The van der Waals surface area contributed by atoms with Crippen LogP contribution in [0, 0.1) is 0 Å². The number of nitrogens with zero attached hydrogens (tertiary/aromatic N) is 1. The second-order valence-electron chi connectivity index (χ2n) is 4.92. The minimum absolute atomic E-state index is 0.144. The van der Waals surface area contributed by atoms with Gasteiger partial charge in [-0.25, -0.2) is 0 Å². The summed E-state index contributed by atoms with van der Waals surface area (Å²) in [5.41, 5.74) is 8.44. The number of anilines is 2. The molecule has 1 aromatic carbocycles. The molecule has 0 saturated heterocycles. The summed E-state index contributed by atoms with van der Waals surface area (Å²) < 4.78 is 5.12. The highest BCUT2D eigenvalue weighted by Crippen LogP contribution is 2.26. The maximum Gasteiger partial charge on any atom is 0.285 e. The molecule has 0 bridgehead atoms. The normalized spacial score (nSPS) is 10.2. The molecule has 0 atom stereocenters. The number of benzene rings is 1. The number of amides is 1. The Morgan fingerprint density at radius 2 is 1.62 bits per heavy atom. The van der Waals surface area contributed by atoms with Crippen LogP contribution in [0.1, 0.15) is 10.6 Å². The first-order valence-electron chi connectivity index (χ1n) is 7.09. The Balaban J connectivity index is 1.69. The third kappa shape index (κ3) is 3.58.